The highest BCUT2D eigenvalue weighted by Crippen LogP contribution is 2.25. The van der Waals surface area contributed by atoms with Gasteiger partial charge in [-0.25, -0.2) is 4.98 Å². The first kappa shape index (κ1) is 12.5. The molecule has 3 nitrogen and oxygen atoms in total. The van der Waals surface area contributed by atoms with Crippen LogP contribution in [0.2, 0.25) is 0 Å². The van der Waals surface area contributed by atoms with Crippen molar-refractivity contribution >= 4 is 16.5 Å². The molecule has 0 radical (unpaired) electrons. The van der Waals surface area contributed by atoms with Crippen LogP contribution in [0.5, 0.6) is 0 Å². The highest BCUT2D eigenvalue weighted by molar-refractivity contribution is 7.13. The highest BCUT2D eigenvalue weighted by atomic mass is 32.1. The molecule has 2 N–H and O–H groups in total. The second kappa shape index (κ2) is 5.47. The van der Waals surface area contributed by atoms with E-state index in [0.717, 1.165) is 23.7 Å². The molecule has 1 atom stereocenters. The zero-order chi connectivity index (χ0) is 11.4. The average Bonchev–Trinajstić information content (AvgIpc) is 2.68. The van der Waals surface area contributed by atoms with Crippen molar-refractivity contribution in [2.45, 2.75) is 45.7 Å². The van der Waals surface area contributed by atoms with Crippen LogP contribution in [0.4, 0.5) is 5.13 Å². The van der Waals surface area contributed by atoms with Crippen molar-refractivity contribution in [3.63, 3.8) is 0 Å². The van der Waals surface area contributed by atoms with Gasteiger partial charge < -0.3 is 10.6 Å². The summed E-state index contributed by atoms with van der Waals surface area (Å²) in [7, 11) is 2.11. The van der Waals surface area contributed by atoms with Crippen LogP contribution in [0.3, 0.4) is 0 Å². The van der Waals surface area contributed by atoms with Gasteiger partial charge in [-0.3, -0.25) is 0 Å². The first-order chi connectivity index (χ1) is 7.10. The van der Waals surface area contributed by atoms with Crippen LogP contribution in [0, 0.1) is 0 Å². The fourth-order valence-corrected chi connectivity index (χ4v) is 2.61. The number of aromatic nitrogens is 1. The standard InChI is InChI=1S/C11H21N3S/c1-5-9(6-2)14(4)11-13-10(7-15-11)8(3)12/h7-9H,5-6,12H2,1-4H3. The van der Waals surface area contributed by atoms with Crippen LogP contribution < -0.4 is 10.6 Å². The lowest BCUT2D eigenvalue weighted by Gasteiger charge is -2.25. The summed E-state index contributed by atoms with van der Waals surface area (Å²) in [4.78, 5) is 6.81. The normalized spacial score (nSPS) is 13.2. The SMILES string of the molecule is CCC(CC)N(C)c1nc(C(C)N)cs1. The van der Waals surface area contributed by atoms with E-state index in [-0.39, 0.29) is 6.04 Å². The minimum atomic E-state index is 0.0325. The first-order valence-electron chi connectivity index (χ1n) is 5.53. The van der Waals surface area contributed by atoms with Gasteiger partial charge in [0.15, 0.2) is 5.13 Å². The molecule has 0 saturated carbocycles. The molecule has 15 heavy (non-hydrogen) atoms. The Morgan fingerprint density at radius 1 is 1.47 bits per heavy atom. The Morgan fingerprint density at radius 2 is 2.07 bits per heavy atom. The van der Waals surface area contributed by atoms with Crippen molar-refractivity contribution in [2.75, 3.05) is 11.9 Å². The van der Waals surface area contributed by atoms with E-state index >= 15 is 0 Å². The average molecular weight is 227 g/mol. The van der Waals surface area contributed by atoms with Crippen molar-refractivity contribution < 1.29 is 0 Å². The molecule has 0 amide bonds. The summed E-state index contributed by atoms with van der Waals surface area (Å²) in [5.41, 5.74) is 6.79. The number of nitrogens with zero attached hydrogens (tertiary/aromatic N) is 2. The van der Waals surface area contributed by atoms with E-state index in [9.17, 15) is 0 Å². The molecule has 86 valence electrons. The van der Waals surface area contributed by atoms with Crippen LogP contribution in [0.15, 0.2) is 5.38 Å². The van der Waals surface area contributed by atoms with E-state index in [2.05, 4.69) is 36.2 Å². The Morgan fingerprint density at radius 3 is 2.47 bits per heavy atom. The van der Waals surface area contributed by atoms with E-state index in [1.54, 1.807) is 11.3 Å². The molecule has 1 aromatic rings. The number of thiazole rings is 1. The first-order valence-corrected chi connectivity index (χ1v) is 6.41. The van der Waals surface area contributed by atoms with Gasteiger partial charge in [0.1, 0.15) is 0 Å². The van der Waals surface area contributed by atoms with E-state index in [0.29, 0.717) is 6.04 Å². The molecule has 0 aliphatic carbocycles. The molecular weight excluding hydrogens is 206 g/mol. The lowest BCUT2D eigenvalue weighted by Crippen LogP contribution is -2.30. The predicted molar refractivity (Wildman–Crippen MR) is 67.5 cm³/mol. The maximum absolute atomic E-state index is 5.79. The molecule has 0 fully saturated rings. The van der Waals surface area contributed by atoms with Gasteiger partial charge in [-0.05, 0) is 19.8 Å². The highest BCUT2D eigenvalue weighted by Gasteiger charge is 2.15. The quantitative estimate of drug-likeness (QED) is 0.841. The summed E-state index contributed by atoms with van der Waals surface area (Å²) >= 11 is 1.68. The molecular formula is C11H21N3S. The van der Waals surface area contributed by atoms with Gasteiger partial charge in [0.05, 0.1) is 5.69 Å². The summed E-state index contributed by atoms with van der Waals surface area (Å²) in [6.45, 7) is 6.39. The lowest BCUT2D eigenvalue weighted by atomic mass is 10.1. The molecule has 1 rings (SSSR count). The molecule has 0 aliphatic heterocycles. The summed E-state index contributed by atoms with van der Waals surface area (Å²) in [6, 6.07) is 0.613. The number of hydrogen-bond donors (Lipinski definition) is 1. The van der Waals surface area contributed by atoms with Gasteiger partial charge in [-0.15, -0.1) is 11.3 Å². The van der Waals surface area contributed by atoms with Crippen molar-refractivity contribution in [2.24, 2.45) is 5.73 Å². The summed E-state index contributed by atoms with van der Waals surface area (Å²) in [6.07, 6.45) is 2.31. The van der Waals surface area contributed by atoms with Crippen LogP contribution in [-0.4, -0.2) is 18.1 Å². The maximum atomic E-state index is 5.79. The third-order valence-corrected chi connectivity index (χ3v) is 3.72. The minimum Gasteiger partial charge on any atom is -0.348 e. The van der Waals surface area contributed by atoms with Gasteiger partial charge in [0.2, 0.25) is 0 Å². The molecule has 1 heterocycles. The largest absolute Gasteiger partial charge is 0.348 e. The Hall–Kier alpha value is -0.610. The lowest BCUT2D eigenvalue weighted by molar-refractivity contribution is 0.589. The van der Waals surface area contributed by atoms with Crippen LogP contribution in [0.25, 0.3) is 0 Å². The van der Waals surface area contributed by atoms with Crippen LogP contribution in [0.1, 0.15) is 45.3 Å². The van der Waals surface area contributed by atoms with Crippen molar-refractivity contribution in [3.05, 3.63) is 11.1 Å². The van der Waals surface area contributed by atoms with Crippen LogP contribution in [-0.2, 0) is 0 Å². The molecule has 0 bridgehead atoms. The van der Waals surface area contributed by atoms with E-state index < -0.39 is 0 Å². The van der Waals surface area contributed by atoms with Gasteiger partial charge in [0.25, 0.3) is 0 Å². The molecule has 0 aromatic carbocycles. The summed E-state index contributed by atoms with van der Waals surface area (Å²) < 4.78 is 0. The van der Waals surface area contributed by atoms with Gasteiger partial charge in [0, 0.05) is 24.5 Å². The van der Waals surface area contributed by atoms with Crippen molar-refractivity contribution in [1.29, 1.82) is 0 Å². The monoisotopic (exact) mass is 227 g/mol. The molecule has 0 saturated heterocycles. The third kappa shape index (κ3) is 2.92. The molecule has 1 unspecified atom stereocenters. The Labute approximate surface area is 96.3 Å². The van der Waals surface area contributed by atoms with Crippen LogP contribution >= 0.6 is 11.3 Å². The van der Waals surface area contributed by atoms with Crippen molar-refractivity contribution in [3.8, 4) is 0 Å². The maximum Gasteiger partial charge on any atom is 0.185 e. The second-order valence-electron chi connectivity index (χ2n) is 3.92. The van der Waals surface area contributed by atoms with E-state index in [4.69, 9.17) is 5.73 Å². The van der Waals surface area contributed by atoms with Crippen molar-refractivity contribution in [1.82, 2.24) is 4.98 Å². The second-order valence-corrected chi connectivity index (χ2v) is 4.76. The zero-order valence-corrected chi connectivity index (χ0v) is 10.8. The summed E-state index contributed by atoms with van der Waals surface area (Å²) in [5.74, 6) is 0. The summed E-state index contributed by atoms with van der Waals surface area (Å²) in [5, 5.41) is 3.13. The number of hydrogen-bond acceptors (Lipinski definition) is 4. The zero-order valence-electron chi connectivity index (χ0n) is 10.0. The number of anilines is 1. The fourth-order valence-electron chi connectivity index (χ4n) is 1.64. The number of rotatable bonds is 5. The third-order valence-electron chi connectivity index (χ3n) is 2.77. The molecule has 0 spiro atoms. The van der Waals surface area contributed by atoms with Gasteiger partial charge in [-0.2, -0.15) is 0 Å². The van der Waals surface area contributed by atoms with E-state index in [1.165, 1.54) is 0 Å². The number of nitrogens with two attached hydrogens (primary N) is 1. The van der Waals surface area contributed by atoms with E-state index in [1.807, 2.05) is 6.92 Å². The topological polar surface area (TPSA) is 42.2 Å². The van der Waals surface area contributed by atoms with Gasteiger partial charge in [-0.1, -0.05) is 13.8 Å². The Bertz CT molecular complexity index is 292. The molecule has 0 aliphatic rings. The van der Waals surface area contributed by atoms with Gasteiger partial charge >= 0.3 is 0 Å². The predicted octanol–water partition coefficient (Wildman–Crippen LogP) is 2.79. The molecule has 4 heteroatoms. The molecule has 1 aromatic heterocycles. The fraction of sp³-hybridized carbons (Fsp3) is 0.727. The Kier molecular flexibility index (Phi) is 4.54. The Balaban J connectivity index is 2.77. The minimum absolute atomic E-state index is 0.0325. The smallest absolute Gasteiger partial charge is 0.185 e.